The van der Waals surface area contributed by atoms with Crippen LogP contribution in [0.4, 0.5) is 5.69 Å². The molecule has 6 nitrogen and oxygen atoms in total. The Morgan fingerprint density at radius 1 is 1.06 bits per heavy atom. The van der Waals surface area contributed by atoms with E-state index in [0.29, 0.717) is 48.7 Å². The number of nitrogens with zero attached hydrogens (tertiary/aromatic N) is 2. The topological polar surface area (TPSA) is 79.2 Å². The average molecular weight is 562 g/mol. The number of aromatic carboxylic acids is 1. The van der Waals surface area contributed by atoms with Crippen molar-refractivity contribution in [2.24, 2.45) is 4.99 Å². The molecule has 0 atom stereocenters. The summed E-state index contributed by atoms with van der Waals surface area (Å²) in [6, 6.07) is 16.9. The van der Waals surface area contributed by atoms with Crippen LogP contribution in [-0.2, 0) is 11.4 Å². The highest BCUT2D eigenvalue weighted by molar-refractivity contribution is 8.18. The second-order valence-electron chi connectivity index (χ2n) is 7.60. The van der Waals surface area contributed by atoms with Gasteiger partial charge in [-0.05, 0) is 66.7 Å². The highest BCUT2D eigenvalue weighted by Gasteiger charge is 2.32. The van der Waals surface area contributed by atoms with Crippen molar-refractivity contribution in [2.75, 3.05) is 6.54 Å². The van der Waals surface area contributed by atoms with Gasteiger partial charge in [0.05, 0.1) is 26.2 Å². The lowest BCUT2D eigenvalue weighted by Crippen LogP contribution is -2.28. The van der Waals surface area contributed by atoms with Crippen molar-refractivity contribution in [3.63, 3.8) is 0 Å². The molecule has 184 valence electrons. The predicted octanol–water partition coefficient (Wildman–Crippen LogP) is 7.55. The van der Waals surface area contributed by atoms with E-state index in [2.05, 4.69) is 4.99 Å². The van der Waals surface area contributed by atoms with Crippen LogP contribution in [0.15, 0.2) is 70.6 Å². The van der Waals surface area contributed by atoms with Crippen LogP contribution in [0.25, 0.3) is 6.08 Å². The molecule has 1 heterocycles. The molecule has 1 amide bonds. The third-order valence-corrected chi connectivity index (χ3v) is 7.11. The summed E-state index contributed by atoms with van der Waals surface area (Å²) in [6.07, 6.45) is 1.68. The van der Waals surface area contributed by atoms with E-state index in [1.165, 1.54) is 28.8 Å². The lowest BCUT2D eigenvalue weighted by molar-refractivity contribution is -0.122. The number of carboxylic acids is 1. The molecule has 0 aliphatic carbocycles. The van der Waals surface area contributed by atoms with Crippen LogP contribution >= 0.6 is 46.6 Å². The second kappa shape index (κ2) is 11.4. The number of likely N-dealkylation sites (N-methyl/N-ethyl adjacent to an activating group) is 1. The summed E-state index contributed by atoms with van der Waals surface area (Å²) in [4.78, 5) is 30.7. The van der Waals surface area contributed by atoms with Crippen LogP contribution in [-0.4, -0.2) is 33.6 Å². The van der Waals surface area contributed by atoms with Crippen molar-refractivity contribution < 1.29 is 19.4 Å². The summed E-state index contributed by atoms with van der Waals surface area (Å²) >= 11 is 20.3. The number of hydrogen-bond acceptors (Lipinski definition) is 5. The first-order chi connectivity index (χ1) is 17.3. The Labute approximate surface area is 227 Å². The van der Waals surface area contributed by atoms with E-state index in [0.717, 1.165) is 5.56 Å². The van der Waals surface area contributed by atoms with Crippen molar-refractivity contribution in [1.29, 1.82) is 0 Å². The third kappa shape index (κ3) is 5.87. The second-order valence-corrected chi connectivity index (χ2v) is 9.83. The number of carbonyl (C=O) groups is 2. The summed E-state index contributed by atoms with van der Waals surface area (Å²) in [5, 5.41) is 10.8. The van der Waals surface area contributed by atoms with Gasteiger partial charge in [0.15, 0.2) is 10.9 Å². The van der Waals surface area contributed by atoms with Crippen molar-refractivity contribution in [1.82, 2.24) is 4.90 Å². The molecular formula is C26H19Cl3N2O4S. The molecule has 0 aromatic heterocycles. The lowest BCUT2D eigenvalue weighted by Gasteiger charge is -2.12. The number of aliphatic imine (C=N–C) groups is 1. The third-order valence-electron chi connectivity index (χ3n) is 5.17. The molecule has 0 bridgehead atoms. The normalized spacial score (nSPS) is 15.7. The average Bonchev–Trinajstić information content (AvgIpc) is 3.13. The molecular weight excluding hydrogens is 543 g/mol. The molecule has 3 aromatic carbocycles. The summed E-state index contributed by atoms with van der Waals surface area (Å²) in [6.45, 7) is 2.43. The van der Waals surface area contributed by atoms with E-state index in [9.17, 15) is 14.7 Å². The smallest absolute Gasteiger partial charge is 0.335 e. The number of ether oxygens (including phenoxy) is 1. The van der Waals surface area contributed by atoms with Crippen LogP contribution in [0.1, 0.15) is 28.4 Å². The number of rotatable bonds is 7. The van der Waals surface area contributed by atoms with Crippen LogP contribution in [0.3, 0.4) is 0 Å². The van der Waals surface area contributed by atoms with E-state index in [-0.39, 0.29) is 18.1 Å². The fourth-order valence-corrected chi connectivity index (χ4v) is 5.27. The minimum Gasteiger partial charge on any atom is -0.486 e. The number of amides is 1. The fourth-order valence-electron chi connectivity index (χ4n) is 3.41. The van der Waals surface area contributed by atoms with Gasteiger partial charge in [0.25, 0.3) is 5.91 Å². The molecule has 1 saturated heterocycles. The van der Waals surface area contributed by atoms with Gasteiger partial charge in [-0.25, -0.2) is 9.79 Å². The lowest BCUT2D eigenvalue weighted by atomic mass is 10.2. The summed E-state index contributed by atoms with van der Waals surface area (Å²) < 4.78 is 5.81. The number of amidine groups is 1. The van der Waals surface area contributed by atoms with Gasteiger partial charge >= 0.3 is 5.97 Å². The largest absolute Gasteiger partial charge is 0.486 e. The van der Waals surface area contributed by atoms with Crippen LogP contribution < -0.4 is 4.74 Å². The minimum atomic E-state index is -1.05. The van der Waals surface area contributed by atoms with Crippen molar-refractivity contribution >= 4 is 75.4 Å². The number of hydrogen-bond donors (Lipinski definition) is 1. The number of halogens is 3. The van der Waals surface area contributed by atoms with Crippen molar-refractivity contribution in [3.8, 4) is 5.75 Å². The molecule has 0 radical (unpaired) electrons. The van der Waals surface area contributed by atoms with E-state index >= 15 is 0 Å². The first kappa shape index (κ1) is 26.1. The Morgan fingerprint density at radius 3 is 2.44 bits per heavy atom. The van der Waals surface area contributed by atoms with Gasteiger partial charge in [0.2, 0.25) is 0 Å². The van der Waals surface area contributed by atoms with E-state index in [4.69, 9.17) is 39.5 Å². The summed E-state index contributed by atoms with van der Waals surface area (Å²) in [7, 11) is 0. The van der Waals surface area contributed by atoms with Crippen LogP contribution in [0, 0.1) is 0 Å². The van der Waals surface area contributed by atoms with Gasteiger partial charge in [-0.2, -0.15) is 0 Å². The zero-order valence-electron chi connectivity index (χ0n) is 18.9. The molecule has 0 saturated carbocycles. The van der Waals surface area contributed by atoms with Gasteiger partial charge in [-0.3, -0.25) is 9.69 Å². The number of carboxylic acid groups (broad SMARTS) is 1. The van der Waals surface area contributed by atoms with Crippen molar-refractivity contribution in [3.05, 3.63) is 97.3 Å². The van der Waals surface area contributed by atoms with Gasteiger partial charge in [-0.15, -0.1) is 0 Å². The molecule has 0 spiro atoms. The van der Waals surface area contributed by atoms with E-state index < -0.39 is 5.97 Å². The Morgan fingerprint density at radius 2 is 1.78 bits per heavy atom. The Bertz CT molecular complexity index is 1380. The number of benzene rings is 3. The van der Waals surface area contributed by atoms with E-state index in [1.807, 2.05) is 25.1 Å². The van der Waals surface area contributed by atoms with Crippen LogP contribution in [0.5, 0.6) is 5.75 Å². The fraction of sp³-hybridized carbons (Fsp3) is 0.115. The summed E-state index contributed by atoms with van der Waals surface area (Å²) in [5.74, 6) is -0.948. The maximum absolute atomic E-state index is 13.0. The first-order valence-electron chi connectivity index (χ1n) is 10.8. The SMILES string of the molecule is CCN1C(=O)C(=Cc2cc(Cl)c(OCc3ccccc3Cl)c(Cl)c2)SC1=Nc1cccc(C(=O)O)c1. The molecule has 0 unspecified atom stereocenters. The minimum absolute atomic E-state index is 0.117. The zero-order chi connectivity index (χ0) is 25.8. The standard InChI is InChI=1S/C26H19Cl3N2O4S/c1-2-31-24(32)22(36-26(31)30-18-8-5-7-16(13-18)25(33)34)12-15-10-20(28)23(21(29)11-15)35-14-17-6-3-4-9-19(17)27/h3-13H,2,14H2,1H3,(H,33,34). The molecule has 1 fully saturated rings. The number of carbonyl (C=O) groups excluding carboxylic acids is 1. The zero-order valence-corrected chi connectivity index (χ0v) is 22.0. The molecule has 10 heteroatoms. The highest BCUT2D eigenvalue weighted by atomic mass is 35.5. The Balaban J connectivity index is 1.58. The van der Waals surface area contributed by atoms with Crippen molar-refractivity contribution in [2.45, 2.75) is 13.5 Å². The quantitative estimate of drug-likeness (QED) is 0.301. The summed E-state index contributed by atoms with van der Waals surface area (Å²) in [5.41, 5.74) is 1.98. The molecule has 1 N–H and O–H groups in total. The van der Waals surface area contributed by atoms with Crippen LogP contribution in [0.2, 0.25) is 15.1 Å². The maximum atomic E-state index is 13.0. The van der Waals surface area contributed by atoms with Gasteiger partial charge in [0.1, 0.15) is 6.61 Å². The van der Waals surface area contributed by atoms with E-state index in [1.54, 1.807) is 36.4 Å². The Kier molecular flexibility index (Phi) is 8.26. The van der Waals surface area contributed by atoms with Gasteiger partial charge in [0, 0.05) is 17.1 Å². The predicted molar refractivity (Wildman–Crippen MR) is 146 cm³/mol. The Hall–Kier alpha value is -2.97. The monoisotopic (exact) mass is 560 g/mol. The molecule has 1 aliphatic rings. The van der Waals surface area contributed by atoms with Gasteiger partial charge < -0.3 is 9.84 Å². The maximum Gasteiger partial charge on any atom is 0.335 e. The first-order valence-corrected chi connectivity index (χ1v) is 12.7. The molecule has 4 rings (SSSR count). The van der Waals surface area contributed by atoms with Gasteiger partial charge in [-0.1, -0.05) is 59.1 Å². The number of thioether (sulfide) groups is 1. The highest BCUT2D eigenvalue weighted by Crippen LogP contribution is 2.38. The molecule has 3 aromatic rings. The molecule has 36 heavy (non-hydrogen) atoms. The molecule has 1 aliphatic heterocycles.